The van der Waals surface area contributed by atoms with Crippen LogP contribution >= 0.6 is 0 Å². The number of nitrogens with two attached hydrogens (primary N) is 1. The van der Waals surface area contributed by atoms with Gasteiger partial charge in [-0.3, -0.25) is 4.72 Å². The molecule has 0 fully saturated rings. The summed E-state index contributed by atoms with van der Waals surface area (Å²) in [6.45, 7) is 1.53. The van der Waals surface area contributed by atoms with E-state index in [4.69, 9.17) is 5.73 Å². The molecule has 0 unspecified atom stereocenters. The number of aryl methyl sites for hydroxylation is 1. The van der Waals surface area contributed by atoms with E-state index in [0.717, 1.165) is 24.3 Å². The van der Waals surface area contributed by atoms with Crippen LogP contribution in [-0.2, 0) is 10.0 Å². The second kappa shape index (κ2) is 5.09. The zero-order valence-corrected chi connectivity index (χ0v) is 11.3. The van der Waals surface area contributed by atoms with Crippen molar-refractivity contribution in [2.45, 2.75) is 11.8 Å². The van der Waals surface area contributed by atoms with Crippen LogP contribution in [0, 0.1) is 18.6 Å². The van der Waals surface area contributed by atoms with Gasteiger partial charge in [0.15, 0.2) is 0 Å². The quantitative estimate of drug-likeness (QED) is 0.856. The fourth-order valence-corrected chi connectivity index (χ4v) is 3.02. The van der Waals surface area contributed by atoms with E-state index in [1.165, 1.54) is 19.1 Å². The molecule has 0 amide bonds. The smallest absolute Gasteiger partial charge is 0.262 e. The van der Waals surface area contributed by atoms with Crippen molar-refractivity contribution in [2.75, 3.05) is 10.5 Å². The first-order valence-corrected chi connectivity index (χ1v) is 7.12. The average molecular weight is 298 g/mol. The summed E-state index contributed by atoms with van der Waals surface area (Å²) < 4.78 is 52.8. The number of anilines is 2. The summed E-state index contributed by atoms with van der Waals surface area (Å²) in [6, 6.07) is 6.71. The standard InChI is InChI=1S/C13H12F2N2O2S/c1-8-2-3-10(15)7-13(8)20(18,19)17-12-6-9(14)4-5-11(12)16/h2-7,17H,16H2,1H3. The lowest BCUT2D eigenvalue weighted by Gasteiger charge is -2.12. The first kappa shape index (κ1) is 14.3. The van der Waals surface area contributed by atoms with Gasteiger partial charge in [-0.15, -0.1) is 0 Å². The Morgan fingerprint density at radius 2 is 1.65 bits per heavy atom. The Morgan fingerprint density at radius 1 is 1.05 bits per heavy atom. The van der Waals surface area contributed by atoms with Crippen LogP contribution in [0.15, 0.2) is 41.3 Å². The minimum Gasteiger partial charge on any atom is -0.397 e. The molecule has 3 N–H and O–H groups in total. The highest BCUT2D eigenvalue weighted by atomic mass is 32.2. The fraction of sp³-hybridized carbons (Fsp3) is 0.0769. The van der Waals surface area contributed by atoms with Crippen molar-refractivity contribution in [3.8, 4) is 0 Å². The van der Waals surface area contributed by atoms with Crippen molar-refractivity contribution in [3.05, 3.63) is 53.6 Å². The minimum atomic E-state index is -4.04. The molecule has 0 atom stereocenters. The highest BCUT2D eigenvalue weighted by Crippen LogP contribution is 2.24. The van der Waals surface area contributed by atoms with Gasteiger partial charge in [-0.05, 0) is 36.8 Å². The van der Waals surface area contributed by atoms with Crippen molar-refractivity contribution in [3.63, 3.8) is 0 Å². The molecular weight excluding hydrogens is 286 g/mol. The van der Waals surface area contributed by atoms with Crippen molar-refractivity contribution in [2.24, 2.45) is 0 Å². The molecule has 0 aliphatic rings. The number of hydrogen-bond acceptors (Lipinski definition) is 3. The highest BCUT2D eigenvalue weighted by molar-refractivity contribution is 7.92. The van der Waals surface area contributed by atoms with Crippen molar-refractivity contribution in [1.29, 1.82) is 0 Å². The van der Waals surface area contributed by atoms with Crippen LogP contribution in [0.25, 0.3) is 0 Å². The number of nitrogen functional groups attached to an aromatic ring is 1. The summed E-state index contributed by atoms with van der Waals surface area (Å²) in [5, 5.41) is 0. The Labute approximate surface area is 115 Å². The van der Waals surface area contributed by atoms with Crippen molar-refractivity contribution >= 4 is 21.4 Å². The molecule has 20 heavy (non-hydrogen) atoms. The first-order chi connectivity index (χ1) is 9.29. The van der Waals surface area contributed by atoms with E-state index in [1.54, 1.807) is 0 Å². The molecule has 0 saturated heterocycles. The maximum atomic E-state index is 13.2. The number of nitrogens with one attached hydrogen (secondary N) is 1. The van der Waals surface area contributed by atoms with Crippen LogP contribution in [0.4, 0.5) is 20.2 Å². The zero-order valence-electron chi connectivity index (χ0n) is 10.5. The average Bonchev–Trinajstić information content (AvgIpc) is 2.36. The van der Waals surface area contributed by atoms with E-state index in [0.29, 0.717) is 5.56 Å². The number of sulfonamides is 1. The van der Waals surface area contributed by atoms with E-state index < -0.39 is 21.7 Å². The molecule has 0 aromatic heterocycles. The molecule has 4 nitrogen and oxygen atoms in total. The van der Waals surface area contributed by atoms with Gasteiger partial charge in [0.2, 0.25) is 0 Å². The van der Waals surface area contributed by atoms with Gasteiger partial charge in [0, 0.05) is 6.07 Å². The lowest BCUT2D eigenvalue weighted by Crippen LogP contribution is -2.15. The molecule has 106 valence electrons. The van der Waals surface area contributed by atoms with E-state index in [2.05, 4.69) is 4.72 Å². The summed E-state index contributed by atoms with van der Waals surface area (Å²) in [4.78, 5) is -0.221. The van der Waals surface area contributed by atoms with Gasteiger partial charge >= 0.3 is 0 Å². The van der Waals surface area contributed by atoms with Crippen LogP contribution in [0.2, 0.25) is 0 Å². The van der Waals surface area contributed by atoms with Crippen LogP contribution in [0.5, 0.6) is 0 Å². The van der Waals surface area contributed by atoms with E-state index in [9.17, 15) is 17.2 Å². The monoisotopic (exact) mass is 298 g/mol. The number of halogens is 2. The Balaban J connectivity index is 2.46. The third kappa shape index (κ3) is 2.88. The molecule has 2 aromatic carbocycles. The summed E-state index contributed by atoms with van der Waals surface area (Å²) >= 11 is 0. The molecular formula is C13H12F2N2O2S. The van der Waals surface area contributed by atoms with Gasteiger partial charge in [0.1, 0.15) is 11.6 Å². The zero-order chi connectivity index (χ0) is 14.9. The normalized spacial score (nSPS) is 11.3. The van der Waals surface area contributed by atoms with Gasteiger partial charge in [-0.1, -0.05) is 6.07 Å². The highest BCUT2D eigenvalue weighted by Gasteiger charge is 2.19. The molecule has 0 saturated carbocycles. The summed E-state index contributed by atoms with van der Waals surface area (Å²) in [5.41, 5.74) is 5.93. The van der Waals surface area contributed by atoms with Crippen molar-refractivity contribution in [1.82, 2.24) is 0 Å². The van der Waals surface area contributed by atoms with Crippen LogP contribution < -0.4 is 10.5 Å². The van der Waals surface area contributed by atoms with Crippen LogP contribution in [0.3, 0.4) is 0 Å². The fourth-order valence-electron chi connectivity index (χ4n) is 1.68. The summed E-state index contributed by atoms with van der Waals surface area (Å²) in [7, 11) is -4.04. The van der Waals surface area contributed by atoms with E-state index >= 15 is 0 Å². The molecule has 0 spiro atoms. The Bertz CT molecular complexity index is 761. The third-order valence-electron chi connectivity index (χ3n) is 2.70. The van der Waals surface area contributed by atoms with Crippen LogP contribution in [-0.4, -0.2) is 8.42 Å². The number of rotatable bonds is 3. The predicted molar refractivity (Wildman–Crippen MR) is 72.8 cm³/mol. The third-order valence-corrected chi connectivity index (χ3v) is 4.21. The second-order valence-corrected chi connectivity index (χ2v) is 5.90. The molecule has 0 aliphatic heterocycles. The molecule has 0 radical (unpaired) electrons. The maximum absolute atomic E-state index is 13.2. The minimum absolute atomic E-state index is 0.0732. The molecule has 0 bridgehead atoms. The topological polar surface area (TPSA) is 72.2 Å². The molecule has 0 heterocycles. The molecule has 2 rings (SSSR count). The first-order valence-electron chi connectivity index (χ1n) is 5.63. The van der Waals surface area contributed by atoms with E-state index in [-0.39, 0.29) is 16.3 Å². The Hall–Kier alpha value is -2.15. The van der Waals surface area contributed by atoms with Crippen molar-refractivity contribution < 1.29 is 17.2 Å². The largest absolute Gasteiger partial charge is 0.397 e. The summed E-state index contributed by atoms with van der Waals surface area (Å²) in [6.07, 6.45) is 0. The lowest BCUT2D eigenvalue weighted by atomic mass is 10.2. The predicted octanol–water partition coefficient (Wildman–Crippen LogP) is 2.66. The van der Waals surface area contributed by atoms with Gasteiger partial charge in [0.25, 0.3) is 10.0 Å². The Kier molecular flexibility index (Phi) is 3.63. The van der Waals surface area contributed by atoms with E-state index in [1.807, 2.05) is 0 Å². The van der Waals surface area contributed by atoms with Gasteiger partial charge in [-0.25, -0.2) is 17.2 Å². The van der Waals surface area contributed by atoms with Gasteiger partial charge < -0.3 is 5.73 Å². The maximum Gasteiger partial charge on any atom is 0.262 e. The second-order valence-electron chi connectivity index (χ2n) is 4.25. The molecule has 2 aromatic rings. The molecule has 0 aliphatic carbocycles. The van der Waals surface area contributed by atoms with Gasteiger partial charge in [-0.2, -0.15) is 0 Å². The Morgan fingerprint density at radius 3 is 2.35 bits per heavy atom. The molecule has 7 heteroatoms. The number of hydrogen-bond donors (Lipinski definition) is 2. The number of benzene rings is 2. The van der Waals surface area contributed by atoms with Gasteiger partial charge in [0.05, 0.1) is 16.3 Å². The van der Waals surface area contributed by atoms with Crippen LogP contribution in [0.1, 0.15) is 5.56 Å². The summed E-state index contributed by atoms with van der Waals surface area (Å²) in [5.74, 6) is -1.31. The lowest BCUT2D eigenvalue weighted by molar-refractivity contribution is 0.594. The SMILES string of the molecule is Cc1ccc(F)cc1S(=O)(=O)Nc1cc(F)ccc1N.